The summed E-state index contributed by atoms with van der Waals surface area (Å²) in [6.45, 7) is 0. The fourth-order valence-electron chi connectivity index (χ4n) is 1.96. The zero-order valence-electron chi connectivity index (χ0n) is 12.2. The van der Waals surface area contributed by atoms with Crippen molar-refractivity contribution in [1.82, 2.24) is 4.98 Å². The average molecular weight is 403 g/mol. The Morgan fingerprint density at radius 3 is 2.75 bits per heavy atom. The number of rotatable bonds is 5. The van der Waals surface area contributed by atoms with Crippen molar-refractivity contribution in [2.75, 3.05) is 5.43 Å². The number of aromatic carboxylic acids is 1. The summed E-state index contributed by atoms with van der Waals surface area (Å²) in [7, 11) is 0. The molecule has 0 aliphatic rings. The fraction of sp³-hybridized carbons (Fsp3) is 0. The van der Waals surface area contributed by atoms with Crippen LogP contribution in [0.4, 0.5) is 10.8 Å². The van der Waals surface area contributed by atoms with Gasteiger partial charge in [0.15, 0.2) is 0 Å². The predicted octanol–water partition coefficient (Wildman–Crippen LogP) is 5.38. The second-order valence-electron chi connectivity index (χ2n) is 4.69. The number of thiazole rings is 1. The minimum atomic E-state index is -1.05. The maximum absolute atomic E-state index is 11.2. The molecule has 0 saturated carbocycles. The summed E-state index contributed by atoms with van der Waals surface area (Å²) in [6.07, 6.45) is 0. The zero-order chi connectivity index (χ0) is 16.9. The first-order valence-corrected chi connectivity index (χ1v) is 8.51. The van der Waals surface area contributed by atoms with E-state index < -0.39 is 5.97 Å². The number of carbonyl (C=O) groups is 1. The molecule has 3 aromatic rings. The molecule has 0 aliphatic carbocycles. The van der Waals surface area contributed by atoms with Gasteiger partial charge < -0.3 is 5.11 Å². The Kier molecular flexibility index (Phi) is 4.97. The molecule has 0 spiro atoms. The molecule has 0 saturated heterocycles. The largest absolute Gasteiger partial charge is 0.478 e. The minimum Gasteiger partial charge on any atom is -0.478 e. The number of anilines is 1. The molecule has 2 N–H and O–H groups in total. The summed E-state index contributed by atoms with van der Waals surface area (Å²) in [5.41, 5.74) is 4.93. The Hall–Kier alpha value is -2.58. The summed E-state index contributed by atoms with van der Waals surface area (Å²) >= 11 is 4.60. The molecular weight excluding hydrogens is 392 g/mol. The summed E-state index contributed by atoms with van der Waals surface area (Å²) in [6, 6.07) is 14.6. The number of hydrogen-bond acceptors (Lipinski definition) is 5. The number of nitrogens with one attached hydrogen (secondary N) is 1. The van der Waals surface area contributed by atoms with Crippen LogP contribution in [-0.4, -0.2) is 16.1 Å². The lowest BCUT2D eigenvalue weighted by molar-refractivity contribution is 0.0698. The lowest BCUT2D eigenvalue weighted by atomic mass is 10.2. The van der Waals surface area contributed by atoms with E-state index >= 15 is 0 Å². The second-order valence-corrected chi connectivity index (χ2v) is 6.44. The van der Waals surface area contributed by atoms with Crippen LogP contribution in [0.15, 0.2) is 68.7 Å². The number of hydrogen-bond donors (Lipinski definition) is 2. The van der Waals surface area contributed by atoms with Gasteiger partial charge in [-0.1, -0.05) is 51.5 Å². The number of nitrogens with zero attached hydrogens (tertiary/aromatic N) is 3. The van der Waals surface area contributed by atoms with Crippen LogP contribution in [0, 0.1) is 0 Å². The third kappa shape index (κ3) is 3.84. The van der Waals surface area contributed by atoms with Crippen molar-refractivity contribution in [1.29, 1.82) is 0 Å². The summed E-state index contributed by atoms with van der Waals surface area (Å²) in [5, 5.41) is 19.4. The van der Waals surface area contributed by atoms with E-state index in [0.717, 1.165) is 11.3 Å². The Labute approximate surface area is 150 Å². The first-order chi connectivity index (χ1) is 11.6. The van der Waals surface area contributed by atoms with Gasteiger partial charge in [0.05, 0.1) is 16.9 Å². The smallest absolute Gasteiger partial charge is 0.337 e. The van der Waals surface area contributed by atoms with E-state index in [1.54, 1.807) is 12.1 Å². The van der Waals surface area contributed by atoms with Crippen LogP contribution in [0.1, 0.15) is 10.4 Å². The predicted molar refractivity (Wildman–Crippen MR) is 96.8 cm³/mol. The van der Waals surface area contributed by atoms with Gasteiger partial charge in [-0.25, -0.2) is 9.78 Å². The highest BCUT2D eigenvalue weighted by molar-refractivity contribution is 9.10. The maximum atomic E-state index is 11.2. The van der Waals surface area contributed by atoms with Gasteiger partial charge in [0.25, 0.3) is 0 Å². The van der Waals surface area contributed by atoms with E-state index in [4.69, 9.17) is 0 Å². The van der Waals surface area contributed by atoms with Gasteiger partial charge in [-0.15, -0.1) is 16.5 Å². The summed E-state index contributed by atoms with van der Waals surface area (Å²) in [4.78, 5) is 15.6. The van der Waals surface area contributed by atoms with Crippen molar-refractivity contribution in [3.05, 3.63) is 63.9 Å². The molecule has 1 heterocycles. The molecule has 1 aromatic heterocycles. The highest BCUT2D eigenvalue weighted by Crippen LogP contribution is 2.27. The van der Waals surface area contributed by atoms with E-state index in [-0.39, 0.29) is 5.56 Å². The second kappa shape index (κ2) is 7.33. The van der Waals surface area contributed by atoms with Crippen LogP contribution in [0.3, 0.4) is 0 Å². The molecule has 0 bridgehead atoms. The van der Waals surface area contributed by atoms with Gasteiger partial charge in [0, 0.05) is 15.4 Å². The molecule has 2 aromatic carbocycles. The van der Waals surface area contributed by atoms with Gasteiger partial charge in [-0.05, 0) is 18.2 Å². The highest BCUT2D eigenvalue weighted by atomic mass is 79.9. The van der Waals surface area contributed by atoms with Gasteiger partial charge in [-0.3, -0.25) is 5.43 Å². The molecule has 24 heavy (non-hydrogen) atoms. The van der Waals surface area contributed by atoms with E-state index in [1.807, 2.05) is 35.7 Å². The van der Waals surface area contributed by atoms with Gasteiger partial charge >= 0.3 is 5.97 Å². The van der Waals surface area contributed by atoms with Crippen molar-refractivity contribution >= 4 is 44.1 Å². The van der Waals surface area contributed by atoms with Crippen molar-refractivity contribution in [2.24, 2.45) is 10.3 Å². The van der Waals surface area contributed by atoms with Crippen molar-refractivity contribution in [3.8, 4) is 11.3 Å². The number of aromatic nitrogens is 1. The number of benzene rings is 2. The van der Waals surface area contributed by atoms with E-state index in [2.05, 4.69) is 36.7 Å². The molecule has 6 nitrogen and oxygen atoms in total. The molecule has 0 aliphatic heterocycles. The third-order valence-electron chi connectivity index (χ3n) is 3.08. The molecular formula is C16H11BrN4O2S. The Morgan fingerprint density at radius 1 is 1.21 bits per heavy atom. The number of halogens is 1. The van der Waals surface area contributed by atoms with Crippen LogP contribution in [0.25, 0.3) is 11.3 Å². The quantitative estimate of drug-likeness (QED) is 0.442. The molecule has 0 atom stereocenters. The molecule has 0 radical (unpaired) electrons. The topological polar surface area (TPSA) is 86.9 Å². The maximum Gasteiger partial charge on any atom is 0.337 e. The van der Waals surface area contributed by atoms with Gasteiger partial charge in [-0.2, -0.15) is 0 Å². The third-order valence-corrected chi connectivity index (χ3v) is 4.30. The minimum absolute atomic E-state index is 0.104. The van der Waals surface area contributed by atoms with Crippen LogP contribution < -0.4 is 5.43 Å². The Bertz CT molecular complexity index is 896. The normalized spacial score (nSPS) is 10.9. The SMILES string of the molecule is O=C(O)c1cc(Br)ccc1N/N=N/c1nc(-c2ccccc2)cs1. The lowest BCUT2D eigenvalue weighted by Crippen LogP contribution is -2.01. The first-order valence-electron chi connectivity index (χ1n) is 6.84. The van der Waals surface area contributed by atoms with Crippen LogP contribution in [-0.2, 0) is 0 Å². The molecule has 3 rings (SSSR count). The standard InChI is InChI=1S/C16H11BrN4O2S/c17-11-6-7-13(12(8-11)15(22)23)19-21-20-16-18-14(9-24-16)10-4-2-1-3-5-10/h1-9H,(H,22,23)(H,18,19,20). The van der Waals surface area contributed by atoms with Crippen molar-refractivity contribution < 1.29 is 9.90 Å². The van der Waals surface area contributed by atoms with E-state index in [9.17, 15) is 9.90 Å². The molecule has 0 unspecified atom stereocenters. The molecule has 120 valence electrons. The molecule has 0 amide bonds. The summed E-state index contributed by atoms with van der Waals surface area (Å²) in [5.74, 6) is -1.05. The lowest BCUT2D eigenvalue weighted by Gasteiger charge is -2.04. The van der Waals surface area contributed by atoms with Gasteiger partial charge in [0.2, 0.25) is 5.13 Å². The van der Waals surface area contributed by atoms with Crippen molar-refractivity contribution in [2.45, 2.75) is 0 Å². The number of carboxylic acids is 1. The fourth-order valence-corrected chi connectivity index (χ4v) is 2.97. The molecule has 0 fully saturated rings. The average Bonchev–Trinajstić information content (AvgIpc) is 3.06. The first kappa shape index (κ1) is 16.3. The van der Waals surface area contributed by atoms with Crippen LogP contribution in [0.5, 0.6) is 0 Å². The number of carboxylic acid groups (broad SMARTS) is 1. The van der Waals surface area contributed by atoms with Crippen molar-refractivity contribution in [3.63, 3.8) is 0 Å². The molecule has 8 heteroatoms. The summed E-state index contributed by atoms with van der Waals surface area (Å²) < 4.78 is 0.676. The van der Waals surface area contributed by atoms with E-state index in [0.29, 0.717) is 15.3 Å². The van der Waals surface area contributed by atoms with Gasteiger partial charge in [0.1, 0.15) is 0 Å². The zero-order valence-corrected chi connectivity index (χ0v) is 14.6. The van der Waals surface area contributed by atoms with Crippen LogP contribution >= 0.6 is 27.3 Å². The highest BCUT2D eigenvalue weighted by Gasteiger charge is 2.10. The Balaban J connectivity index is 1.74. The van der Waals surface area contributed by atoms with Crippen LogP contribution in [0.2, 0.25) is 0 Å². The van der Waals surface area contributed by atoms with E-state index in [1.165, 1.54) is 17.4 Å². The monoisotopic (exact) mass is 402 g/mol. The Morgan fingerprint density at radius 2 is 2.00 bits per heavy atom.